The zero-order chi connectivity index (χ0) is 13.7. The minimum atomic E-state index is -2.80. The Morgan fingerprint density at radius 2 is 2.11 bits per heavy atom. The number of nitrogens with one attached hydrogen (secondary N) is 1. The lowest BCUT2D eigenvalue weighted by atomic mass is 10.2. The van der Waals surface area contributed by atoms with Crippen molar-refractivity contribution in [2.45, 2.75) is 26.6 Å². The van der Waals surface area contributed by atoms with Crippen LogP contribution in [0.15, 0.2) is 30.5 Å². The summed E-state index contributed by atoms with van der Waals surface area (Å²) in [5.41, 5.74) is 0.705. The second-order valence-electron chi connectivity index (χ2n) is 3.95. The Kier molecular flexibility index (Phi) is 4.81. The Bertz CT molecular complexity index is 531. The zero-order valence-electron chi connectivity index (χ0n) is 10.4. The lowest BCUT2D eigenvalue weighted by Crippen LogP contribution is -2.14. The molecule has 0 atom stereocenters. The van der Waals surface area contributed by atoms with Crippen molar-refractivity contribution in [2.75, 3.05) is 0 Å². The van der Waals surface area contributed by atoms with Crippen LogP contribution < -0.4 is 10.1 Å². The lowest BCUT2D eigenvalue weighted by Gasteiger charge is -2.10. The molecule has 0 bridgehead atoms. The average molecular weight is 284 g/mol. The maximum absolute atomic E-state index is 12.2. The Hall–Kier alpha value is -1.53. The number of rotatable bonds is 6. The first-order valence-electron chi connectivity index (χ1n) is 5.80. The summed E-state index contributed by atoms with van der Waals surface area (Å²) in [6, 6.07) is 6.77. The molecule has 0 spiro atoms. The van der Waals surface area contributed by atoms with Gasteiger partial charge in [0.15, 0.2) is 0 Å². The molecule has 19 heavy (non-hydrogen) atoms. The van der Waals surface area contributed by atoms with Gasteiger partial charge in [-0.05, 0) is 13.0 Å². The van der Waals surface area contributed by atoms with E-state index < -0.39 is 6.61 Å². The summed E-state index contributed by atoms with van der Waals surface area (Å²) in [5, 5.41) is 4.14. The first kappa shape index (κ1) is 13.9. The van der Waals surface area contributed by atoms with E-state index in [2.05, 4.69) is 15.0 Å². The fourth-order valence-corrected chi connectivity index (χ4v) is 2.40. The minimum Gasteiger partial charge on any atom is -0.434 e. The molecule has 3 nitrogen and oxygen atoms in total. The molecule has 6 heteroatoms. The van der Waals surface area contributed by atoms with Gasteiger partial charge in [-0.15, -0.1) is 11.3 Å². The van der Waals surface area contributed by atoms with Crippen LogP contribution in [0.3, 0.4) is 0 Å². The van der Waals surface area contributed by atoms with Crippen molar-refractivity contribution in [3.8, 4) is 5.75 Å². The molecule has 0 saturated heterocycles. The fourth-order valence-electron chi connectivity index (χ4n) is 1.65. The van der Waals surface area contributed by atoms with Crippen LogP contribution in [0, 0.1) is 6.92 Å². The molecule has 0 aliphatic carbocycles. The highest BCUT2D eigenvalue weighted by molar-refractivity contribution is 7.11. The third-order valence-electron chi connectivity index (χ3n) is 2.45. The Labute approximate surface area is 114 Å². The van der Waals surface area contributed by atoms with E-state index >= 15 is 0 Å². The van der Waals surface area contributed by atoms with Gasteiger partial charge in [-0.2, -0.15) is 8.78 Å². The smallest absolute Gasteiger partial charge is 0.387 e. The number of thiazole rings is 1. The molecule has 102 valence electrons. The van der Waals surface area contributed by atoms with Crippen LogP contribution in [0.5, 0.6) is 5.75 Å². The Balaban J connectivity index is 1.92. The van der Waals surface area contributed by atoms with Crippen molar-refractivity contribution >= 4 is 11.3 Å². The third kappa shape index (κ3) is 4.25. The van der Waals surface area contributed by atoms with Gasteiger partial charge >= 0.3 is 6.61 Å². The van der Waals surface area contributed by atoms with Gasteiger partial charge in [-0.1, -0.05) is 18.2 Å². The normalized spacial score (nSPS) is 10.9. The summed E-state index contributed by atoms with van der Waals surface area (Å²) in [4.78, 5) is 5.37. The van der Waals surface area contributed by atoms with E-state index in [1.165, 1.54) is 6.07 Å². The molecule has 0 saturated carbocycles. The van der Waals surface area contributed by atoms with E-state index in [-0.39, 0.29) is 5.75 Å². The quantitative estimate of drug-likeness (QED) is 0.883. The number of aryl methyl sites for hydroxylation is 1. The predicted molar refractivity (Wildman–Crippen MR) is 70.5 cm³/mol. The number of nitrogens with zero attached hydrogens (tertiary/aromatic N) is 1. The van der Waals surface area contributed by atoms with Gasteiger partial charge < -0.3 is 10.1 Å². The molecule has 0 amide bonds. The summed E-state index contributed by atoms with van der Waals surface area (Å²) in [6.07, 6.45) is 1.82. The molecular formula is C13H14F2N2OS. The van der Waals surface area contributed by atoms with Crippen LogP contribution in [-0.4, -0.2) is 11.6 Å². The summed E-state index contributed by atoms with van der Waals surface area (Å²) in [7, 11) is 0. The SMILES string of the molecule is Cc1cnc(CNCc2ccccc2OC(F)F)s1. The van der Waals surface area contributed by atoms with E-state index in [9.17, 15) is 8.78 Å². The molecule has 1 N–H and O–H groups in total. The minimum absolute atomic E-state index is 0.209. The van der Waals surface area contributed by atoms with Crippen molar-refractivity contribution in [2.24, 2.45) is 0 Å². The predicted octanol–water partition coefficient (Wildman–Crippen LogP) is 3.34. The highest BCUT2D eigenvalue weighted by atomic mass is 32.1. The summed E-state index contributed by atoms with van der Waals surface area (Å²) >= 11 is 1.61. The van der Waals surface area contributed by atoms with Crippen molar-refractivity contribution in [3.63, 3.8) is 0 Å². The molecule has 0 radical (unpaired) electrons. The number of alkyl halides is 2. The average Bonchev–Trinajstić information content (AvgIpc) is 2.77. The molecular weight excluding hydrogens is 270 g/mol. The first-order valence-corrected chi connectivity index (χ1v) is 6.61. The van der Waals surface area contributed by atoms with Crippen LogP contribution in [0.25, 0.3) is 0 Å². The highest BCUT2D eigenvalue weighted by Gasteiger charge is 2.08. The third-order valence-corrected chi connectivity index (χ3v) is 3.36. The van der Waals surface area contributed by atoms with Gasteiger partial charge in [0.25, 0.3) is 0 Å². The molecule has 1 aromatic heterocycles. The van der Waals surface area contributed by atoms with Gasteiger partial charge in [0.05, 0.1) is 0 Å². The second kappa shape index (κ2) is 6.58. The van der Waals surface area contributed by atoms with Crippen molar-refractivity contribution in [1.82, 2.24) is 10.3 Å². The first-order chi connectivity index (χ1) is 9.15. The van der Waals surface area contributed by atoms with Gasteiger partial charge in [0.1, 0.15) is 10.8 Å². The van der Waals surface area contributed by atoms with Crippen molar-refractivity contribution in [3.05, 3.63) is 45.9 Å². The van der Waals surface area contributed by atoms with E-state index in [4.69, 9.17) is 0 Å². The maximum Gasteiger partial charge on any atom is 0.387 e. The molecule has 0 fully saturated rings. The lowest BCUT2D eigenvalue weighted by molar-refractivity contribution is -0.0505. The van der Waals surface area contributed by atoms with E-state index in [1.54, 1.807) is 29.5 Å². The number of halogens is 2. The fraction of sp³-hybridized carbons (Fsp3) is 0.308. The standard InChI is InChI=1S/C13H14F2N2OS/c1-9-6-17-12(19-9)8-16-7-10-4-2-3-5-11(10)18-13(14)15/h2-6,13,16H,7-8H2,1H3. The summed E-state index contributed by atoms with van der Waals surface area (Å²) in [5.74, 6) is 0.209. The summed E-state index contributed by atoms with van der Waals surface area (Å²) in [6.45, 7) is 0.262. The second-order valence-corrected chi connectivity index (χ2v) is 5.27. The number of hydrogen-bond acceptors (Lipinski definition) is 4. The number of para-hydroxylation sites is 1. The van der Waals surface area contributed by atoms with Crippen LogP contribution in [0.2, 0.25) is 0 Å². The van der Waals surface area contributed by atoms with E-state index in [1.807, 2.05) is 13.1 Å². The zero-order valence-corrected chi connectivity index (χ0v) is 11.2. The molecule has 0 unspecified atom stereocenters. The highest BCUT2D eigenvalue weighted by Crippen LogP contribution is 2.20. The van der Waals surface area contributed by atoms with Crippen LogP contribution >= 0.6 is 11.3 Å². The molecule has 2 aromatic rings. The van der Waals surface area contributed by atoms with Gasteiger partial charge in [0.2, 0.25) is 0 Å². The maximum atomic E-state index is 12.2. The van der Waals surface area contributed by atoms with E-state index in [0.717, 1.165) is 9.88 Å². The molecule has 0 aliphatic heterocycles. The molecule has 2 rings (SSSR count). The number of benzene rings is 1. The van der Waals surface area contributed by atoms with Crippen LogP contribution in [0.1, 0.15) is 15.4 Å². The van der Waals surface area contributed by atoms with E-state index in [0.29, 0.717) is 18.7 Å². The largest absolute Gasteiger partial charge is 0.434 e. The monoisotopic (exact) mass is 284 g/mol. The number of aromatic nitrogens is 1. The Morgan fingerprint density at radius 1 is 1.32 bits per heavy atom. The van der Waals surface area contributed by atoms with Gasteiger partial charge in [0, 0.05) is 29.7 Å². The van der Waals surface area contributed by atoms with Crippen molar-refractivity contribution < 1.29 is 13.5 Å². The van der Waals surface area contributed by atoms with Crippen LogP contribution in [-0.2, 0) is 13.1 Å². The number of hydrogen-bond donors (Lipinski definition) is 1. The molecule has 0 aliphatic rings. The summed E-state index contributed by atoms with van der Waals surface area (Å²) < 4.78 is 28.9. The van der Waals surface area contributed by atoms with Crippen molar-refractivity contribution in [1.29, 1.82) is 0 Å². The van der Waals surface area contributed by atoms with Gasteiger partial charge in [-0.25, -0.2) is 4.98 Å². The molecule has 1 aromatic carbocycles. The molecule has 1 heterocycles. The van der Waals surface area contributed by atoms with Gasteiger partial charge in [-0.3, -0.25) is 0 Å². The Morgan fingerprint density at radius 3 is 2.79 bits per heavy atom. The van der Waals surface area contributed by atoms with Crippen LogP contribution in [0.4, 0.5) is 8.78 Å². The number of ether oxygens (including phenoxy) is 1. The topological polar surface area (TPSA) is 34.2 Å².